The Balaban J connectivity index is 2.35. The molecule has 6 nitrogen and oxygen atoms in total. The summed E-state index contributed by atoms with van der Waals surface area (Å²) in [6.07, 6.45) is -0.657. The van der Waals surface area contributed by atoms with Crippen LogP contribution in [0.25, 0.3) is 0 Å². The van der Waals surface area contributed by atoms with Crippen LogP contribution in [0.15, 0.2) is 35.4 Å². The first kappa shape index (κ1) is 14.8. The smallest absolute Gasteiger partial charge is 0.428 e. The normalized spacial score (nSPS) is 11.8. The van der Waals surface area contributed by atoms with E-state index in [1.54, 1.807) is 32.9 Å². The van der Waals surface area contributed by atoms with Crippen LogP contribution in [0.3, 0.4) is 0 Å². The second-order valence-electron chi connectivity index (χ2n) is 4.82. The summed E-state index contributed by atoms with van der Waals surface area (Å²) in [5, 5.41) is 3.67. The van der Waals surface area contributed by atoms with E-state index in [0.29, 0.717) is 5.75 Å². The van der Waals surface area contributed by atoms with Crippen molar-refractivity contribution in [2.24, 2.45) is 10.8 Å². The van der Waals surface area contributed by atoms with E-state index in [1.165, 1.54) is 0 Å². The SMILES string of the molecule is CC(C)(C)OC(=O)N/N=C(/N)COc1ccccc1. The van der Waals surface area contributed by atoms with Crippen molar-refractivity contribution in [2.45, 2.75) is 26.4 Å². The molecule has 1 rings (SSSR count). The van der Waals surface area contributed by atoms with Crippen LogP contribution >= 0.6 is 0 Å². The van der Waals surface area contributed by atoms with Crippen molar-refractivity contribution in [2.75, 3.05) is 6.61 Å². The van der Waals surface area contributed by atoms with Crippen LogP contribution in [0.2, 0.25) is 0 Å². The van der Waals surface area contributed by atoms with Gasteiger partial charge < -0.3 is 15.2 Å². The number of para-hydroxylation sites is 1. The molecule has 1 amide bonds. The van der Waals surface area contributed by atoms with Gasteiger partial charge in [-0.1, -0.05) is 18.2 Å². The lowest BCUT2D eigenvalue weighted by atomic mass is 10.2. The molecule has 0 unspecified atom stereocenters. The number of amidine groups is 1. The van der Waals surface area contributed by atoms with E-state index in [2.05, 4.69) is 10.5 Å². The fraction of sp³-hybridized carbons (Fsp3) is 0.385. The quantitative estimate of drug-likeness (QED) is 0.494. The number of nitrogens with one attached hydrogen (secondary N) is 1. The summed E-state index contributed by atoms with van der Waals surface area (Å²) in [6.45, 7) is 5.37. The fourth-order valence-electron chi connectivity index (χ4n) is 1.12. The third-order valence-corrected chi connectivity index (χ3v) is 1.82. The van der Waals surface area contributed by atoms with Crippen molar-refractivity contribution >= 4 is 11.9 Å². The number of carbonyl (C=O) groups excluding carboxylic acids is 1. The number of ether oxygens (including phenoxy) is 2. The van der Waals surface area contributed by atoms with Crippen molar-refractivity contribution in [3.8, 4) is 5.75 Å². The first-order valence-electron chi connectivity index (χ1n) is 5.86. The number of hydrogen-bond donors (Lipinski definition) is 2. The summed E-state index contributed by atoms with van der Waals surface area (Å²) in [4.78, 5) is 11.3. The standard InChI is InChI=1S/C13H19N3O3/c1-13(2,3)19-12(17)16-15-11(14)9-18-10-7-5-4-6-8-10/h4-8H,9H2,1-3H3,(H2,14,15)(H,16,17). The van der Waals surface area contributed by atoms with Gasteiger partial charge in [0.1, 0.15) is 18.0 Å². The topological polar surface area (TPSA) is 85.9 Å². The number of benzene rings is 1. The Hall–Kier alpha value is -2.24. The van der Waals surface area contributed by atoms with E-state index in [-0.39, 0.29) is 12.4 Å². The average Bonchev–Trinajstić information content (AvgIpc) is 2.33. The monoisotopic (exact) mass is 265 g/mol. The first-order chi connectivity index (χ1) is 8.87. The molecule has 19 heavy (non-hydrogen) atoms. The Labute approximate surface area is 112 Å². The Morgan fingerprint density at radius 3 is 2.53 bits per heavy atom. The molecule has 0 aliphatic carbocycles. The molecule has 6 heteroatoms. The maximum absolute atomic E-state index is 11.3. The van der Waals surface area contributed by atoms with Crippen molar-refractivity contribution in [3.05, 3.63) is 30.3 Å². The van der Waals surface area contributed by atoms with E-state index in [9.17, 15) is 4.79 Å². The Kier molecular flexibility index (Phi) is 5.17. The van der Waals surface area contributed by atoms with Crippen molar-refractivity contribution in [1.29, 1.82) is 0 Å². The van der Waals surface area contributed by atoms with Crippen molar-refractivity contribution in [3.63, 3.8) is 0 Å². The molecule has 0 fully saturated rings. The van der Waals surface area contributed by atoms with Gasteiger partial charge in [-0.3, -0.25) is 0 Å². The highest BCUT2D eigenvalue weighted by Crippen LogP contribution is 2.08. The predicted octanol–water partition coefficient (Wildman–Crippen LogP) is 1.86. The third-order valence-electron chi connectivity index (χ3n) is 1.82. The second kappa shape index (κ2) is 6.63. The zero-order valence-electron chi connectivity index (χ0n) is 11.3. The zero-order valence-corrected chi connectivity index (χ0v) is 11.3. The van der Waals surface area contributed by atoms with Gasteiger partial charge in [0.2, 0.25) is 0 Å². The lowest BCUT2D eigenvalue weighted by Crippen LogP contribution is -2.32. The minimum absolute atomic E-state index is 0.0831. The summed E-state index contributed by atoms with van der Waals surface area (Å²) >= 11 is 0. The van der Waals surface area contributed by atoms with Crippen LogP contribution in [0.5, 0.6) is 5.75 Å². The summed E-state index contributed by atoms with van der Waals surface area (Å²) in [5.74, 6) is 0.827. The number of nitrogens with two attached hydrogens (primary N) is 1. The van der Waals surface area contributed by atoms with Gasteiger partial charge >= 0.3 is 6.09 Å². The molecular formula is C13H19N3O3. The van der Waals surface area contributed by atoms with Gasteiger partial charge in [-0.15, -0.1) is 0 Å². The molecule has 0 spiro atoms. The van der Waals surface area contributed by atoms with Gasteiger partial charge in [0.15, 0.2) is 5.84 Å². The molecule has 0 saturated heterocycles. The van der Waals surface area contributed by atoms with Gasteiger partial charge in [-0.25, -0.2) is 10.2 Å². The summed E-state index contributed by atoms with van der Waals surface area (Å²) < 4.78 is 10.4. The molecule has 0 bridgehead atoms. The Morgan fingerprint density at radius 2 is 1.95 bits per heavy atom. The van der Waals surface area contributed by atoms with Gasteiger partial charge in [-0.05, 0) is 32.9 Å². The highest BCUT2D eigenvalue weighted by molar-refractivity contribution is 5.83. The van der Waals surface area contributed by atoms with Crippen LogP contribution in [0, 0.1) is 0 Å². The zero-order chi connectivity index (χ0) is 14.3. The van der Waals surface area contributed by atoms with E-state index >= 15 is 0 Å². The number of amides is 1. The van der Waals surface area contributed by atoms with Crippen LogP contribution in [0.4, 0.5) is 4.79 Å². The van der Waals surface area contributed by atoms with E-state index in [4.69, 9.17) is 15.2 Å². The molecule has 1 aromatic carbocycles. The third kappa shape index (κ3) is 6.92. The maximum Gasteiger partial charge on any atom is 0.428 e. The Bertz CT molecular complexity index is 438. The number of hydrogen-bond acceptors (Lipinski definition) is 4. The molecule has 0 atom stereocenters. The number of rotatable bonds is 4. The molecule has 0 radical (unpaired) electrons. The summed E-state index contributed by atoms with van der Waals surface area (Å²) in [6, 6.07) is 9.18. The van der Waals surface area contributed by atoms with Gasteiger partial charge in [0.25, 0.3) is 0 Å². The van der Waals surface area contributed by atoms with E-state index < -0.39 is 11.7 Å². The highest BCUT2D eigenvalue weighted by Gasteiger charge is 2.15. The molecule has 0 aliphatic rings. The number of hydrazone groups is 1. The molecule has 0 heterocycles. The van der Waals surface area contributed by atoms with Crippen LogP contribution in [-0.2, 0) is 4.74 Å². The van der Waals surface area contributed by atoms with Gasteiger partial charge in [-0.2, -0.15) is 5.10 Å². The summed E-state index contributed by atoms with van der Waals surface area (Å²) in [5.41, 5.74) is 7.21. The largest absolute Gasteiger partial charge is 0.486 e. The Morgan fingerprint density at radius 1 is 1.32 bits per heavy atom. The molecule has 0 aromatic heterocycles. The molecule has 0 aliphatic heterocycles. The molecular weight excluding hydrogens is 246 g/mol. The molecule has 3 N–H and O–H groups in total. The van der Waals surface area contributed by atoms with Gasteiger partial charge in [0, 0.05) is 0 Å². The van der Waals surface area contributed by atoms with Gasteiger partial charge in [0.05, 0.1) is 0 Å². The lowest BCUT2D eigenvalue weighted by molar-refractivity contribution is 0.0529. The minimum atomic E-state index is -0.657. The summed E-state index contributed by atoms with van der Waals surface area (Å²) in [7, 11) is 0. The average molecular weight is 265 g/mol. The fourth-order valence-corrected chi connectivity index (χ4v) is 1.12. The number of carbonyl (C=O) groups is 1. The van der Waals surface area contributed by atoms with Crippen LogP contribution in [0.1, 0.15) is 20.8 Å². The van der Waals surface area contributed by atoms with Crippen molar-refractivity contribution in [1.82, 2.24) is 5.43 Å². The molecule has 1 aromatic rings. The number of nitrogens with zero attached hydrogens (tertiary/aromatic N) is 1. The lowest BCUT2D eigenvalue weighted by Gasteiger charge is -2.18. The van der Waals surface area contributed by atoms with Crippen LogP contribution < -0.4 is 15.9 Å². The van der Waals surface area contributed by atoms with Crippen molar-refractivity contribution < 1.29 is 14.3 Å². The van der Waals surface area contributed by atoms with E-state index in [0.717, 1.165) is 0 Å². The first-order valence-corrected chi connectivity index (χ1v) is 5.86. The molecule has 104 valence electrons. The highest BCUT2D eigenvalue weighted by atomic mass is 16.6. The maximum atomic E-state index is 11.3. The second-order valence-corrected chi connectivity index (χ2v) is 4.82. The molecule has 0 saturated carbocycles. The minimum Gasteiger partial charge on any atom is -0.486 e. The van der Waals surface area contributed by atoms with E-state index in [1.807, 2.05) is 18.2 Å². The predicted molar refractivity (Wildman–Crippen MR) is 72.9 cm³/mol. The van der Waals surface area contributed by atoms with Crippen LogP contribution in [-0.4, -0.2) is 24.1 Å².